The Balaban J connectivity index is 1.53. The van der Waals surface area contributed by atoms with Crippen LogP contribution in [0.15, 0.2) is 72.8 Å². The van der Waals surface area contributed by atoms with Gasteiger partial charge in [0.05, 0.1) is 13.5 Å². The predicted octanol–water partition coefficient (Wildman–Crippen LogP) is 5.79. The highest BCUT2D eigenvalue weighted by Crippen LogP contribution is 2.33. The number of ether oxygens (including phenoxy) is 2. The number of methoxy groups -OCH3 is 1. The molecule has 0 spiro atoms. The standard InChI is InChI=1S/C28H28ClNO4/c1-33-28(32)17-26(20-6-5-7-23(29)15-20)21-11-10-19-12-13-25(16-22(19)14-21)34-18-27(31)30-24-8-3-2-4-9-24/h3,5-8,10-16,24,26H,2,4,9,17-18H2,1H3,(H,30,31). The molecule has 34 heavy (non-hydrogen) atoms. The summed E-state index contributed by atoms with van der Waals surface area (Å²) in [6, 6.07) is 19.4. The zero-order chi connectivity index (χ0) is 23.9. The summed E-state index contributed by atoms with van der Waals surface area (Å²) in [6.45, 7) is -0.0387. The van der Waals surface area contributed by atoms with Crippen molar-refractivity contribution in [3.8, 4) is 5.75 Å². The Hall–Kier alpha value is -3.31. The molecule has 2 atom stereocenters. The van der Waals surface area contributed by atoms with Gasteiger partial charge in [0.15, 0.2) is 6.61 Å². The van der Waals surface area contributed by atoms with Crippen LogP contribution in [0.25, 0.3) is 10.8 Å². The van der Waals surface area contributed by atoms with Crippen molar-refractivity contribution >= 4 is 34.2 Å². The van der Waals surface area contributed by atoms with Crippen molar-refractivity contribution in [2.45, 2.75) is 37.6 Å². The van der Waals surface area contributed by atoms with Crippen LogP contribution in [0.2, 0.25) is 5.02 Å². The molecule has 0 heterocycles. The van der Waals surface area contributed by atoms with Gasteiger partial charge in [-0.2, -0.15) is 0 Å². The highest BCUT2D eigenvalue weighted by Gasteiger charge is 2.20. The summed E-state index contributed by atoms with van der Waals surface area (Å²) in [6.07, 6.45) is 7.46. The van der Waals surface area contributed by atoms with Gasteiger partial charge in [0, 0.05) is 17.0 Å². The molecule has 1 N–H and O–H groups in total. The minimum atomic E-state index is -0.291. The van der Waals surface area contributed by atoms with Crippen LogP contribution in [0.3, 0.4) is 0 Å². The van der Waals surface area contributed by atoms with E-state index < -0.39 is 0 Å². The topological polar surface area (TPSA) is 64.6 Å². The van der Waals surface area contributed by atoms with Crippen molar-refractivity contribution in [1.29, 1.82) is 0 Å². The fourth-order valence-electron chi connectivity index (χ4n) is 4.28. The summed E-state index contributed by atoms with van der Waals surface area (Å²) in [7, 11) is 1.39. The number of allylic oxidation sites excluding steroid dienone is 1. The summed E-state index contributed by atoms with van der Waals surface area (Å²) in [5.74, 6) is -0.00816. The Morgan fingerprint density at radius 1 is 1.06 bits per heavy atom. The molecule has 176 valence electrons. The number of hydrogen-bond acceptors (Lipinski definition) is 4. The monoisotopic (exact) mass is 477 g/mol. The lowest BCUT2D eigenvalue weighted by atomic mass is 9.87. The highest BCUT2D eigenvalue weighted by molar-refractivity contribution is 6.30. The Kier molecular flexibility index (Phi) is 7.86. The van der Waals surface area contributed by atoms with Gasteiger partial charge >= 0.3 is 5.97 Å². The Bertz CT molecular complexity index is 1210. The van der Waals surface area contributed by atoms with Gasteiger partial charge in [-0.3, -0.25) is 9.59 Å². The summed E-state index contributed by atoms with van der Waals surface area (Å²) in [5, 5.41) is 5.61. The smallest absolute Gasteiger partial charge is 0.306 e. The molecule has 5 nitrogen and oxygen atoms in total. The van der Waals surface area contributed by atoms with Crippen molar-refractivity contribution in [2.75, 3.05) is 13.7 Å². The number of benzene rings is 3. The molecular formula is C28H28ClNO4. The quantitative estimate of drug-likeness (QED) is 0.329. The van der Waals surface area contributed by atoms with E-state index >= 15 is 0 Å². The second kappa shape index (κ2) is 11.2. The molecule has 0 radical (unpaired) electrons. The lowest BCUT2D eigenvalue weighted by molar-refractivity contribution is -0.140. The SMILES string of the molecule is COC(=O)CC(c1cccc(Cl)c1)c1ccc2ccc(OCC(=O)NC3C=CCCC3)cc2c1. The maximum Gasteiger partial charge on any atom is 0.306 e. The Labute approximate surface area is 204 Å². The number of carbonyl (C=O) groups is 2. The van der Waals surface area contributed by atoms with Crippen LogP contribution in [-0.4, -0.2) is 31.6 Å². The lowest BCUT2D eigenvalue weighted by Gasteiger charge is -2.19. The average Bonchev–Trinajstić information content (AvgIpc) is 2.86. The number of hydrogen-bond donors (Lipinski definition) is 1. The summed E-state index contributed by atoms with van der Waals surface area (Å²) >= 11 is 6.22. The molecule has 1 amide bonds. The van der Waals surface area contributed by atoms with Crippen LogP contribution >= 0.6 is 11.6 Å². The van der Waals surface area contributed by atoms with Gasteiger partial charge in [-0.25, -0.2) is 0 Å². The molecule has 0 aromatic heterocycles. The van der Waals surface area contributed by atoms with Crippen molar-refractivity contribution in [3.05, 3.63) is 89.0 Å². The summed E-state index contributed by atoms with van der Waals surface area (Å²) in [4.78, 5) is 24.4. The number of amides is 1. The highest BCUT2D eigenvalue weighted by atomic mass is 35.5. The first-order chi connectivity index (χ1) is 16.5. The van der Waals surface area contributed by atoms with E-state index in [1.807, 2.05) is 66.7 Å². The number of carbonyl (C=O) groups excluding carboxylic acids is 2. The molecule has 1 aliphatic rings. The van der Waals surface area contributed by atoms with Crippen molar-refractivity contribution in [3.63, 3.8) is 0 Å². The first-order valence-electron chi connectivity index (χ1n) is 11.5. The zero-order valence-electron chi connectivity index (χ0n) is 19.1. The van der Waals surface area contributed by atoms with Crippen molar-refractivity contribution in [2.24, 2.45) is 0 Å². The van der Waals surface area contributed by atoms with Crippen LogP contribution in [0.5, 0.6) is 5.75 Å². The fraction of sp³-hybridized carbons (Fsp3) is 0.286. The van der Waals surface area contributed by atoms with Crippen LogP contribution < -0.4 is 10.1 Å². The van der Waals surface area contributed by atoms with Gasteiger partial charge in [0.25, 0.3) is 5.91 Å². The third kappa shape index (κ3) is 6.17. The van der Waals surface area contributed by atoms with Crippen LogP contribution in [0, 0.1) is 0 Å². The molecule has 6 heteroatoms. The molecule has 0 saturated heterocycles. The van der Waals surface area contributed by atoms with Crippen LogP contribution in [0.1, 0.15) is 42.7 Å². The third-order valence-electron chi connectivity index (χ3n) is 6.06. The van der Waals surface area contributed by atoms with E-state index in [0.29, 0.717) is 10.8 Å². The first kappa shape index (κ1) is 23.8. The van der Waals surface area contributed by atoms with E-state index in [0.717, 1.165) is 41.2 Å². The van der Waals surface area contributed by atoms with E-state index in [2.05, 4.69) is 11.4 Å². The number of esters is 1. The Morgan fingerprint density at radius 2 is 1.88 bits per heavy atom. The number of halogens is 1. The molecule has 4 rings (SSSR count). The predicted molar refractivity (Wildman–Crippen MR) is 134 cm³/mol. The molecule has 0 saturated carbocycles. The second-order valence-electron chi connectivity index (χ2n) is 8.48. The second-order valence-corrected chi connectivity index (χ2v) is 8.91. The molecule has 0 aliphatic heterocycles. The van der Waals surface area contributed by atoms with Crippen LogP contribution in [-0.2, 0) is 14.3 Å². The maximum absolute atomic E-state index is 12.3. The van der Waals surface area contributed by atoms with Gasteiger partial charge in [-0.15, -0.1) is 0 Å². The molecule has 0 fully saturated rings. The van der Waals surface area contributed by atoms with E-state index in [9.17, 15) is 9.59 Å². The lowest BCUT2D eigenvalue weighted by Crippen LogP contribution is -2.37. The third-order valence-corrected chi connectivity index (χ3v) is 6.29. The van der Waals surface area contributed by atoms with Gasteiger partial charge in [-0.1, -0.05) is 60.2 Å². The molecule has 3 aromatic rings. The summed E-state index contributed by atoms with van der Waals surface area (Å²) in [5.41, 5.74) is 1.91. The zero-order valence-corrected chi connectivity index (χ0v) is 19.9. The van der Waals surface area contributed by atoms with E-state index in [1.54, 1.807) is 0 Å². The van der Waals surface area contributed by atoms with Crippen LogP contribution in [0.4, 0.5) is 0 Å². The van der Waals surface area contributed by atoms with Crippen molar-refractivity contribution in [1.82, 2.24) is 5.32 Å². The van der Waals surface area contributed by atoms with E-state index in [1.165, 1.54) is 7.11 Å². The molecule has 1 aliphatic carbocycles. The minimum absolute atomic E-state index is 0.0387. The molecule has 2 unspecified atom stereocenters. The molecular weight excluding hydrogens is 450 g/mol. The van der Waals surface area contributed by atoms with Gasteiger partial charge < -0.3 is 14.8 Å². The molecule has 0 bridgehead atoms. The normalized spacial score (nSPS) is 16.1. The van der Waals surface area contributed by atoms with E-state index in [-0.39, 0.29) is 36.9 Å². The molecule has 3 aromatic carbocycles. The van der Waals surface area contributed by atoms with Gasteiger partial charge in [-0.05, 0) is 65.4 Å². The number of rotatable bonds is 8. The minimum Gasteiger partial charge on any atom is -0.484 e. The van der Waals surface area contributed by atoms with Crippen molar-refractivity contribution < 1.29 is 19.1 Å². The van der Waals surface area contributed by atoms with E-state index in [4.69, 9.17) is 21.1 Å². The maximum atomic E-state index is 12.3. The first-order valence-corrected chi connectivity index (χ1v) is 11.8. The largest absolute Gasteiger partial charge is 0.484 e. The Morgan fingerprint density at radius 3 is 2.65 bits per heavy atom. The average molecular weight is 478 g/mol. The van der Waals surface area contributed by atoms with Gasteiger partial charge in [0.1, 0.15) is 5.75 Å². The number of nitrogens with one attached hydrogen (secondary N) is 1. The fourth-order valence-corrected chi connectivity index (χ4v) is 4.48. The van der Waals surface area contributed by atoms with Gasteiger partial charge in [0.2, 0.25) is 0 Å². The summed E-state index contributed by atoms with van der Waals surface area (Å²) < 4.78 is 10.7. The number of fused-ring (bicyclic) bond motifs is 1.